The molecule has 2 N–H and O–H groups in total. The fourth-order valence-corrected chi connectivity index (χ4v) is 6.78. The summed E-state index contributed by atoms with van der Waals surface area (Å²) < 4.78 is 19.9. The van der Waals surface area contributed by atoms with E-state index in [1.807, 2.05) is 13.0 Å². The summed E-state index contributed by atoms with van der Waals surface area (Å²) in [5.41, 5.74) is -0.856. The van der Waals surface area contributed by atoms with Crippen LogP contribution < -0.4 is 10.6 Å². The highest BCUT2D eigenvalue weighted by atomic mass is 35.5. The van der Waals surface area contributed by atoms with E-state index in [0.29, 0.717) is 30.5 Å². The van der Waals surface area contributed by atoms with E-state index in [0.717, 1.165) is 19.3 Å². The lowest BCUT2D eigenvalue weighted by atomic mass is 9.73. The van der Waals surface area contributed by atoms with Gasteiger partial charge in [0.15, 0.2) is 0 Å². The number of benzene rings is 1. The Morgan fingerprint density at radius 1 is 1.25 bits per heavy atom. The van der Waals surface area contributed by atoms with Gasteiger partial charge in [-0.3, -0.25) is 14.4 Å². The van der Waals surface area contributed by atoms with Gasteiger partial charge in [0.25, 0.3) is 0 Å². The van der Waals surface area contributed by atoms with Crippen molar-refractivity contribution in [2.75, 3.05) is 11.9 Å². The number of hydrogen-bond acceptors (Lipinski definition) is 4. The summed E-state index contributed by atoms with van der Waals surface area (Å²) in [4.78, 5) is 42.5. The van der Waals surface area contributed by atoms with Gasteiger partial charge in [-0.15, -0.1) is 0 Å². The zero-order chi connectivity index (χ0) is 25.8. The van der Waals surface area contributed by atoms with Crippen molar-refractivity contribution >= 4 is 35.0 Å². The van der Waals surface area contributed by atoms with Crippen LogP contribution in [0.4, 0.5) is 10.1 Å². The molecule has 1 aromatic carbocycles. The van der Waals surface area contributed by atoms with Gasteiger partial charge in [0.2, 0.25) is 17.7 Å². The minimum atomic E-state index is -1.19. The van der Waals surface area contributed by atoms with Crippen LogP contribution in [0.25, 0.3) is 0 Å². The number of halogens is 2. The maximum Gasteiger partial charge on any atom is 0.246 e. The highest BCUT2D eigenvalue weighted by molar-refractivity contribution is 6.31. The predicted molar refractivity (Wildman–Crippen MR) is 134 cm³/mol. The molecule has 3 amide bonds. The third-order valence-electron chi connectivity index (χ3n) is 8.61. The quantitative estimate of drug-likeness (QED) is 0.560. The Morgan fingerprint density at radius 3 is 2.75 bits per heavy atom. The summed E-state index contributed by atoms with van der Waals surface area (Å²) in [6.07, 6.45) is 6.76. The molecule has 1 saturated carbocycles. The molecule has 2 saturated heterocycles. The van der Waals surface area contributed by atoms with Crippen molar-refractivity contribution in [1.29, 1.82) is 0 Å². The average Bonchev–Trinajstić information content (AvgIpc) is 3.47. The molecule has 1 spiro atoms. The lowest BCUT2D eigenvalue weighted by Crippen LogP contribution is -2.57. The van der Waals surface area contributed by atoms with E-state index in [1.165, 1.54) is 18.2 Å². The van der Waals surface area contributed by atoms with Crippen molar-refractivity contribution in [3.8, 4) is 0 Å². The Morgan fingerprint density at radius 2 is 2.03 bits per heavy atom. The SMILES string of the molecule is CCCN1C(=O)[C@@H]2[C@H](C(=O)Nc3ccc(F)c(Cl)c3)[C@@H]3C=C[C@@]2(O3)[C@@H]1C(=O)N[C@@H]1CCC[C@H](C)[C@@H]1C. The first-order valence-corrected chi connectivity index (χ1v) is 13.3. The van der Waals surface area contributed by atoms with Gasteiger partial charge in [-0.2, -0.15) is 0 Å². The van der Waals surface area contributed by atoms with Gasteiger partial charge in [-0.05, 0) is 42.9 Å². The molecule has 3 aliphatic heterocycles. The highest BCUT2D eigenvalue weighted by Crippen LogP contribution is 2.55. The third kappa shape index (κ3) is 3.93. The molecule has 0 radical (unpaired) electrons. The maximum absolute atomic E-state index is 13.8. The molecule has 36 heavy (non-hydrogen) atoms. The summed E-state index contributed by atoms with van der Waals surface area (Å²) >= 11 is 5.87. The first kappa shape index (κ1) is 25.2. The Labute approximate surface area is 215 Å². The van der Waals surface area contributed by atoms with E-state index in [4.69, 9.17) is 16.3 Å². The van der Waals surface area contributed by atoms with Crippen molar-refractivity contribution < 1.29 is 23.5 Å². The summed E-state index contributed by atoms with van der Waals surface area (Å²) in [5.74, 6) is -2.24. The van der Waals surface area contributed by atoms with Crippen molar-refractivity contribution in [3.63, 3.8) is 0 Å². The Bertz CT molecular complexity index is 1110. The smallest absolute Gasteiger partial charge is 0.246 e. The Balaban J connectivity index is 1.42. The topological polar surface area (TPSA) is 87.7 Å². The zero-order valence-corrected chi connectivity index (χ0v) is 21.6. The molecule has 2 bridgehead atoms. The van der Waals surface area contributed by atoms with Gasteiger partial charge >= 0.3 is 0 Å². The Hall–Kier alpha value is -2.45. The van der Waals surface area contributed by atoms with Crippen LogP contribution in [-0.2, 0) is 19.1 Å². The minimum absolute atomic E-state index is 0.0418. The number of nitrogens with one attached hydrogen (secondary N) is 2. The fourth-order valence-electron chi connectivity index (χ4n) is 6.60. The monoisotopic (exact) mass is 517 g/mol. The minimum Gasteiger partial charge on any atom is -0.359 e. The molecule has 3 fully saturated rings. The van der Waals surface area contributed by atoms with E-state index in [-0.39, 0.29) is 22.9 Å². The lowest BCUT2D eigenvalue weighted by molar-refractivity contribution is -0.141. The van der Waals surface area contributed by atoms with E-state index < -0.39 is 41.3 Å². The fraction of sp³-hybridized carbons (Fsp3) is 0.593. The van der Waals surface area contributed by atoms with Crippen molar-refractivity contribution in [2.24, 2.45) is 23.7 Å². The highest BCUT2D eigenvalue weighted by Gasteiger charge is 2.72. The molecule has 194 valence electrons. The molecule has 0 unspecified atom stereocenters. The van der Waals surface area contributed by atoms with E-state index in [9.17, 15) is 18.8 Å². The lowest BCUT2D eigenvalue weighted by Gasteiger charge is -2.38. The van der Waals surface area contributed by atoms with Gasteiger partial charge in [-0.1, -0.05) is 57.4 Å². The van der Waals surface area contributed by atoms with Crippen molar-refractivity contribution in [1.82, 2.24) is 10.2 Å². The Kier molecular flexibility index (Phi) is 6.62. The molecule has 5 rings (SSSR count). The standard InChI is InChI=1S/C27H33ClFN3O4/c1-4-12-32-23(25(34)31-19-7-5-6-14(2)15(19)3)27-11-10-20(36-27)21(22(27)26(32)35)24(33)30-16-8-9-18(29)17(28)13-16/h8-11,13-15,19-23H,4-7,12H2,1-3H3,(H,30,33)(H,31,34)/t14-,15-,19+,20-,21+,22-,23-,27-/m0/s1. The van der Waals surface area contributed by atoms with Crippen molar-refractivity contribution in [3.05, 3.63) is 41.2 Å². The predicted octanol–water partition coefficient (Wildman–Crippen LogP) is 3.92. The number of rotatable bonds is 6. The molecule has 4 aliphatic rings. The summed E-state index contributed by atoms with van der Waals surface area (Å²) in [5, 5.41) is 5.89. The molecule has 1 aromatic rings. The summed E-state index contributed by atoms with van der Waals surface area (Å²) in [6, 6.07) is 3.13. The van der Waals surface area contributed by atoms with E-state index in [2.05, 4.69) is 24.5 Å². The zero-order valence-electron chi connectivity index (χ0n) is 20.8. The van der Waals surface area contributed by atoms with Gasteiger partial charge in [0.05, 0.1) is 23.0 Å². The molecule has 8 atom stereocenters. The number of anilines is 1. The number of amides is 3. The van der Waals surface area contributed by atoms with Crippen LogP contribution in [0.1, 0.15) is 46.5 Å². The normalized spacial score (nSPS) is 36.8. The van der Waals surface area contributed by atoms with Gasteiger partial charge < -0.3 is 20.3 Å². The molecule has 9 heteroatoms. The number of fused-ring (bicyclic) bond motifs is 1. The van der Waals surface area contributed by atoms with Gasteiger partial charge in [0, 0.05) is 18.3 Å². The number of carbonyl (C=O) groups excluding carboxylic acids is 3. The van der Waals surface area contributed by atoms with Crippen LogP contribution in [-0.4, -0.2) is 53.0 Å². The second kappa shape index (κ2) is 9.45. The van der Waals surface area contributed by atoms with Crippen LogP contribution in [0, 0.1) is 29.5 Å². The number of likely N-dealkylation sites (tertiary alicyclic amines) is 1. The van der Waals surface area contributed by atoms with E-state index >= 15 is 0 Å². The number of nitrogens with zero attached hydrogens (tertiary/aromatic N) is 1. The first-order chi connectivity index (χ1) is 17.2. The maximum atomic E-state index is 13.8. The molecule has 1 aliphatic carbocycles. The largest absolute Gasteiger partial charge is 0.359 e. The van der Waals surface area contributed by atoms with Crippen LogP contribution in [0.3, 0.4) is 0 Å². The van der Waals surface area contributed by atoms with Crippen molar-refractivity contribution in [2.45, 2.75) is 70.2 Å². The number of ether oxygens (including phenoxy) is 1. The van der Waals surface area contributed by atoms with Crippen LogP contribution in [0.2, 0.25) is 5.02 Å². The third-order valence-corrected chi connectivity index (χ3v) is 8.90. The molecule has 3 heterocycles. The summed E-state index contributed by atoms with van der Waals surface area (Å²) in [6.45, 7) is 6.73. The molecular weight excluding hydrogens is 485 g/mol. The number of carbonyl (C=O) groups is 3. The average molecular weight is 518 g/mol. The second-order valence-corrected chi connectivity index (χ2v) is 11.1. The summed E-state index contributed by atoms with van der Waals surface area (Å²) in [7, 11) is 0. The first-order valence-electron chi connectivity index (χ1n) is 12.9. The van der Waals surface area contributed by atoms with Gasteiger partial charge in [0.1, 0.15) is 17.5 Å². The van der Waals surface area contributed by atoms with Crippen LogP contribution in [0.5, 0.6) is 0 Å². The molecule has 7 nitrogen and oxygen atoms in total. The van der Waals surface area contributed by atoms with Crippen LogP contribution in [0.15, 0.2) is 30.4 Å². The van der Waals surface area contributed by atoms with Gasteiger partial charge in [-0.25, -0.2) is 4.39 Å². The van der Waals surface area contributed by atoms with Crippen LogP contribution >= 0.6 is 11.6 Å². The second-order valence-electron chi connectivity index (χ2n) is 10.7. The molecule has 0 aromatic heterocycles. The van der Waals surface area contributed by atoms with E-state index in [1.54, 1.807) is 11.0 Å². The number of hydrogen-bond donors (Lipinski definition) is 2. The molecular formula is C27H33ClFN3O4.